The van der Waals surface area contributed by atoms with E-state index in [-0.39, 0.29) is 11.7 Å². The number of aromatic nitrogens is 3. The Balaban J connectivity index is 2.03. The van der Waals surface area contributed by atoms with Gasteiger partial charge in [0, 0.05) is 29.9 Å². The van der Waals surface area contributed by atoms with Crippen molar-refractivity contribution in [1.29, 1.82) is 0 Å². The van der Waals surface area contributed by atoms with Gasteiger partial charge in [-0.05, 0) is 36.9 Å². The molecule has 158 valence electrons. The minimum atomic E-state index is -3.39. The SMILES string of the molecule is CCCS(=O)(=O)Nc1cccc(-c2nc(SC)[nH]c2-c2ccnc(NC(C)=O)c2)c1. The van der Waals surface area contributed by atoms with Crippen molar-refractivity contribution in [2.45, 2.75) is 25.4 Å². The van der Waals surface area contributed by atoms with Gasteiger partial charge in [0.1, 0.15) is 5.82 Å². The van der Waals surface area contributed by atoms with E-state index in [2.05, 4.69) is 25.0 Å². The van der Waals surface area contributed by atoms with Gasteiger partial charge in [0.05, 0.1) is 17.1 Å². The number of imidazole rings is 1. The first-order valence-electron chi connectivity index (χ1n) is 9.30. The molecule has 0 bridgehead atoms. The summed E-state index contributed by atoms with van der Waals surface area (Å²) in [4.78, 5) is 23.5. The normalized spacial score (nSPS) is 11.3. The summed E-state index contributed by atoms with van der Waals surface area (Å²) < 4.78 is 26.9. The third kappa shape index (κ3) is 5.39. The average Bonchev–Trinajstić information content (AvgIpc) is 3.12. The summed E-state index contributed by atoms with van der Waals surface area (Å²) in [6, 6.07) is 10.7. The Morgan fingerprint density at radius 2 is 2.00 bits per heavy atom. The zero-order valence-electron chi connectivity index (χ0n) is 16.9. The van der Waals surface area contributed by atoms with E-state index in [0.29, 0.717) is 23.6 Å². The number of carbonyl (C=O) groups excluding carboxylic acids is 1. The van der Waals surface area contributed by atoms with E-state index in [1.807, 2.05) is 25.3 Å². The standard InChI is InChI=1S/C20H23N5O3S2/c1-4-10-30(27,28)25-16-7-5-6-14(11-16)18-19(24-20(23-18)29-3)15-8-9-21-17(12-15)22-13(2)26/h5-9,11-12,25H,4,10H2,1-3H3,(H,23,24)(H,21,22,26). The zero-order chi connectivity index (χ0) is 21.7. The average molecular weight is 446 g/mol. The van der Waals surface area contributed by atoms with Gasteiger partial charge in [0.25, 0.3) is 0 Å². The number of hydrogen-bond acceptors (Lipinski definition) is 6. The van der Waals surface area contributed by atoms with Gasteiger partial charge in [-0.3, -0.25) is 9.52 Å². The summed E-state index contributed by atoms with van der Waals surface area (Å²) in [7, 11) is -3.39. The van der Waals surface area contributed by atoms with Gasteiger partial charge in [-0.15, -0.1) is 0 Å². The van der Waals surface area contributed by atoms with E-state index < -0.39 is 10.0 Å². The van der Waals surface area contributed by atoms with Crippen molar-refractivity contribution in [2.75, 3.05) is 22.0 Å². The lowest BCUT2D eigenvalue weighted by Crippen LogP contribution is -2.16. The Morgan fingerprint density at radius 3 is 2.70 bits per heavy atom. The fraction of sp³-hybridized carbons (Fsp3) is 0.250. The molecule has 0 fully saturated rings. The molecule has 30 heavy (non-hydrogen) atoms. The molecule has 3 rings (SSSR count). The quantitative estimate of drug-likeness (QED) is 0.452. The molecule has 0 radical (unpaired) electrons. The van der Waals surface area contributed by atoms with Gasteiger partial charge in [-0.1, -0.05) is 30.8 Å². The molecule has 0 spiro atoms. The molecular formula is C20H23N5O3S2. The van der Waals surface area contributed by atoms with Crippen molar-refractivity contribution in [2.24, 2.45) is 0 Å². The maximum atomic E-state index is 12.1. The third-order valence-corrected chi connectivity index (χ3v) is 6.18. The van der Waals surface area contributed by atoms with Gasteiger partial charge in [0.2, 0.25) is 15.9 Å². The van der Waals surface area contributed by atoms with Crippen LogP contribution in [0.3, 0.4) is 0 Å². The number of benzene rings is 1. The summed E-state index contributed by atoms with van der Waals surface area (Å²) in [6.07, 6.45) is 4.06. The number of rotatable bonds is 8. The highest BCUT2D eigenvalue weighted by Gasteiger charge is 2.16. The molecule has 1 amide bonds. The van der Waals surface area contributed by atoms with E-state index >= 15 is 0 Å². The molecule has 0 saturated heterocycles. The van der Waals surface area contributed by atoms with Crippen molar-refractivity contribution >= 4 is 39.2 Å². The lowest BCUT2D eigenvalue weighted by Gasteiger charge is -2.09. The largest absolute Gasteiger partial charge is 0.332 e. The van der Waals surface area contributed by atoms with Crippen LogP contribution in [-0.2, 0) is 14.8 Å². The number of H-pyrrole nitrogens is 1. The zero-order valence-corrected chi connectivity index (χ0v) is 18.5. The molecule has 3 aromatic rings. The highest BCUT2D eigenvalue weighted by molar-refractivity contribution is 7.98. The molecule has 0 aliphatic rings. The number of pyridine rings is 1. The molecule has 1 aromatic carbocycles. The van der Waals surface area contributed by atoms with E-state index in [1.165, 1.54) is 18.7 Å². The number of aromatic amines is 1. The Kier molecular flexibility index (Phi) is 6.78. The van der Waals surface area contributed by atoms with Gasteiger partial charge < -0.3 is 10.3 Å². The number of amides is 1. The van der Waals surface area contributed by atoms with Gasteiger partial charge in [0.15, 0.2) is 5.16 Å². The second kappa shape index (κ2) is 9.31. The smallest absolute Gasteiger partial charge is 0.232 e. The first-order valence-corrected chi connectivity index (χ1v) is 12.2. The Morgan fingerprint density at radius 1 is 1.20 bits per heavy atom. The van der Waals surface area contributed by atoms with Crippen LogP contribution in [0.2, 0.25) is 0 Å². The number of anilines is 2. The van der Waals surface area contributed by atoms with Crippen LogP contribution in [0.4, 0.5) is 11.5 Å². The fourth-order valence-electron chi connectivity index (χ4n) is 2.93. The molecule has 0 unspecified atom stereocenters. The van der Waals surface area contributed by atoms with Gasteiger partial charge in [-0.2, -0.15) is 0 Å². The Labute approximate surface area is 180 Å². The molecule has 10 heteroatoms. The summed E-state index contributed by atoms with van der Waals surface area (Å²) in [5.41, 5.74) is 3.47. The van der Waals surface area contributed by atoms with Gasteiger partial charge in [-0.25, -0.2) is 18.4 Å². The summed E-state index contributed by atoms with van der Waals surface area (Å²) >= 11 is 1.47. The number of thioether (sulfide) groups is 1. The molecule has 0 aliphatic heterocycles. The van der Waals surface area contributed by atoms with Crippen molar-refractivity contribution in [3.63, 3.8) is 0 Å². The van der Waals surface area contributed by atoms with Crippen LogP contribution in [0.25, 0.3) is 22.5 Å². The second-order valence-corrected chi connectivity index (χ2v) is 9.22. The first-order chi connectivity index (χ1) is 14.3. The van der Waals surface area contributed by atoms with Crippen LogP contribution >= 0.6 is 11.8 Å². The second-order valence-electron chi connectivity index (χ2n) is 6.58. The van der Waals surface area contributed by atoms with E-state index in [1.54, 1.807) is 30.5 Å². The van der Waals surface area contributed by atoms with Crippen LogP contribution < -0.4 is 10.0 Å². The lowest BCUT2D eigenvalue weighted by atomic mass is 10.1. The maximum absolute atomic E-state index is 12.1. The van der Waals surface area contributed by atoms with E-state index in [9.17, 15) is 13.2 Å². The topological polar surface area (TPSA) is 117 Å². The fourth-order valence-corrected chi connectivity index (χ4v) is 4.44. The van der Waals surface area contributed by atoms with E-state index in [0.717, 1.165) is 22.0 Å². The summed E-state index contributed by atoms with van der Waals surface area (Å²) in [5.74, 6) is 0.290. The number of nitrogens with zero attached hydrogens (tertiary/aromatic N) is 2. The van der Waals surface area contributed by atoms with Crippen molar-refractivity contribution in [1.82, 2.24) is 15.0 Å². The molecule has 2 aromatic heterocycles. The molecule has 3 N–H and O–H groups in total. The predicted molar refractivity (Wildman–Crippen MR) is 121 cm³/mol. The highest BCUT2D eigenvalue weighted by atomic mass is 32.2. The molecule has 2 heterocycles. The van der Waals surface area contributed by atoms with Crippen molar-refractivity contribution < 1.29 is 13.2 Å². The lowest BCUT2D eigenvalue weighted by molar-refractivity contribution is -0.114. The van der Waals surface area contributed by atoms with Crippen molar-refractivity contribution in [3.05, 3.63) is 42.6 Å². The third-order valence-electron chi connectivity index (χ3n) is 4.11. The maximum Gasteiger partial charge on any atom is 0.232 e. The Hall–Kier alpha value is -2.85. The number of carbonyl (C=O) groups is 1. The molecule has 0 atom stereocenters. The van der Waals surface area contributed by atoms with Crippen LogP contribution in [-0.4, -0.2) is 41.3 Å². The summed E-state index contributed by atoms with van der Waals surface area (Å²) in [5, 5.41) is 3.39. The minimum Gasteiger partial charge on any atom is -0.332 e. The van der Waals surface area contributed by atoms with Crippen LogP contribution in [0.15, 0.2) is 47.8 Å². The van der Waals surface area contributed by atoms with E-state index in [4.69, 9.17) is 0 Å². The molecule has 0 aliphatic carbocycles. The van der Waals surface area contributed by atoms with Crippen molar-refractivity contribution in [3.8, 4) is 22.5 Å². The molecular weight excluding hydrogens is 422 g/mol. The highest BCUT2D eigenvalue weighted by Crippen LogP contribution is 2.34. The summed E-state index contributed by atoms with van der Waals surface area (Å²) in [6.45, 7) is 3.24. The first kappa shape index (κ1) is 21.8. The molecule has 8 nitrogen and oxygen atoms in total. The van der Waals surface area contributed by atoms with Crippen LogP contribution in [0.5, 0.6) is 0 Å². The van der Waals surface area contributed by atoms with Crippen LogP contribution in [0.1, 0.15) is 20.3 Å². The molecule has 0 saturated carbocycles. The van der Waals surface area contributed by atoms with Crippen LogP contribution in [0, 0.1) is 0 Å². The van der Waals surface area contributed by atoms with Gasteiger partial charge >= 0.3 is 0 Å². The number of sulfonamides is 1. The minimum absolute atomic E-state index is 0.0600. The Bertz CT molecular complexity index is 1160. The number of nitrogens with one attached hydrogen (secondary N) is 3. The monoisotopic (exact) mass is 445 g/mol. The predicted octanol–water partition coefficient (Wildman–Crippen LogP) is 3.97. The number of hydrogen-bond donors (Lipinski definition) is 3.